The topological polar surface area (TPSA) is 88.2 Å². The zero-order valence-corrected chi connectivity index (χ0v) is 18.1. The molecule has 0 aliphatic heterocycles. The van der Waals surface area contributed by atoms with Gasteiger partial charge in [-0.3, -0.25) is 9.59 Å². The van der Waals surface area contributed by atoms with Gasteiger partial charge in [0, 0.05) is 12.4 Å². The zero-order chi connectivity index (χ0) is 21.8. The third-order valence-electron chi connectivity index (χ3n) is 4.78. The first-order valence-electron chi connectivity index (χ1n) is 9.93. The van der Waals surface area contributed by atoms with Gasteiger partial charge in [-0.15, -0.1) is 11.3 Å². The van der Waals surface area contributed by atoms with Crippen molar-refractivity contribution in [2.24, 2.45) is 0 Å². The second-order valence-corrected chi connectivity index (χ2v) is 7.89. The molecule has 0 atom stereocenters. The molecule has 2 aromatic heterocycles. The van der Waals surface area contributed by atoms with Crippen molar-refractivity contribution in [2.75, 3.05) is 13.7 Å². The number of fused-ring (bicyclic) bond motifs is 1. The van der Waals surface area contributed by atoms with Crippen molar-refractivity contribution in [1.29, 1.82) is 0 Å². The number of rotatable bonds is 7. The van der Waals surface area contributed by atoms with Crippen LogP contribution in [0.5, 0.6) is 5.75 Å². The Bertz CT molecular complexity index is 1280. The Morgan fingerprint density at radius 3 is 2.74 bits per heavy atom. The van der Waals surface area contributed by atoms with Gasteiger partial charge in [0.25, 0.3) is 5.56 Å². The second-order valence-electron chi connectivity index (χ2n) is 7.03. The summed E-state index contributed by atoms with van der Waals surface area (Å²) in [5.74, 6) is 1.12. The van der Waals surface area contributed by atoms with Gasteiger partial charge in [0.1, 0.15) is 16.6 Å². The highest BCUT2D eigenvalue weighted by Gasteiger charge is 2.16. The van der Waals surface area contributed by atoms with E-state index in [9.17, 15) is 9.59 Å². The number of H-pyrrole nitrogens is 1. The predicted molar refractivity (Wildman–Crippen MR) is 121 cm³/mol. The van der Waals surface area contributed by atoms with E-state index in [1.807, 2.05) is 42.6 Å². The van der Waals surface area contributed by atoms with Gasteiger partial charge in [-0.25, -0.2) is 9.97 Å². The molecule has 2 heterocycles. The smallest absolute Gasteiger partial charge is 0.258 e. The average Bonchev–Trinajstić information content (AvgIpc) is 3.22. The number of para-hydroxylation sites is 2. The third kappa shape index (κ3) is 4.64. The van der Waals surface area contributed by atoms with Crippen molar-refractivity contribution in [3.8, 4) is 16.3 Å². The monoisotopic (exact) mass is 434 g/mol. The Morgan fingerprint density at radius 1 is 1.13 bits per heavy atom. The lowest BCUT2D eigenvalue weighted by Gasteiger charge is -2.16. The van der Waals surface area contributed by atoms with E-state index < -0.39 is 0 Å². The van der Waals surface area contributed by atoms with Crippen molar-refractivity contribution in [3.63, 3.8) is 0 Å². The normalized spacial score (nSPS) is 10.9. The van der Waals surface area contributed by atoms with Crippen LogP contribution in [0.1, 0.15) is 18.4 Å². The van der Waals surface area contributed by atoms with Crippen LogP contribution in [0.4, 0.5) is 0 Å². The lowest BCUT2D eigenvalue weighted by Crippen LogP contribution is -2.29. The molecular formula is C23H22N4O3S. The number of aromatic nitrogens is 3. The summed E-state index contributed by atoms with van der Waals surface area (Å²) in [4.78, 5) is 38.3. The van der Waals surface area contributed by atoms with Gasteiger partial charge in [-0.2, -0.15) is 0 Å². The van der Waals surface area contributed by atoms with E-state index in [4.69, 9.17) is 4.74 Å². The minimum atomic E-state index is -0.210. The molecule has 0 aliphatic rings. The van der Waals surface area contributed by atoms with E-state index in [-0.39, 0.29) is 24.4 Å². The Hall–Kier alpha value is -3.52. The lowest BCUT2D eigenvalue weighted by atomic mass is 10.2. The molecule has 0 saturated carbocycles. The van der Waals surface area contributed by atoms with Crippen LogP contribution in [0.3, 0.4) is 0 Å². The van der Waals surface area contributed by atoms with Crippen LogP contribution in [0.2, 0.25) is 0 Å². The largest absolute Gasteiger partial charge is 0.493 e. The van der Waals surface area contributed by atoms with Gasteiger partial charge in [0.2, 0.25) is 5.91 Å². The summed E-state index contributed by atoms with van der Waals surface area (Å²) in [6.45, 7) is 2.72. The van der Waals surface area contributed by atoms with Crippen molar-refractivity contribution in [2.45, 2.75) is 19.9 Å². The quantitative estimate of drug-likeness (QED) is 0.480. The fourth-order valence-electron chi connectivity index (χ4n) is 3.25. The van der Waals surface area contributed by atoms with Crippen LogP contribution < -0.4 is 10.3 Å². The molecule has 0 unspecified atom stereocenters. The molecule has 1 N–H and O–H groups in total. The second kappa shape index (κ2) is 9.09. The minimum Gasteiger partial charge on any atom is -0.493 e. The molecule has 8 heteroatoms. The molecule has 2 aromatic carbocycles. The van der Waals surface area contributed by atoms with E-state index in [1.54, 1.807) is 30.1 Å². The maximum Gasteiger partial charge on any atom is 0.258 e. The standard InChI is InChI=1S/C23H22N4O3S/c1-3-30-19-11-7-5-9-17(19)23-24-15(14-31-23)12-21(28)27(2)13-20-25-18-10-6-4-8-16(18)22(29)26-20/h4-11,14H,3,12-13H2,1-2H3,(H,25,26,29). The lowest BCUT2D eigenvalue weighted by molar-refractivity contribution is -0.129. The van der Waals surface area contributed by atoms with E-state index in [2.05, 4.69) is 15.0 Å². The molecule has 31 heavy (non-hydrogen) atoms. The van der Waals surface area contributed by atoms with Gasteiger partial charge in [-0.05, 0) is 31.2 Å². The number of amides is 1. The molecule has 158 valence electrons. The van der Waals surface area contributed by atoms with Crippen molar-refractivity contribution < 1.29 is 9.53 Å². The first-order chi connectivity index (χ1) is 15.0. The van der Waals surface area contributed by atoms with Gasteiger partial charge >= 0.3 is 0 Å². The molecule has 0 spiro atoms. The fraction of sp³-hybridized carbons (Fsp3) is 0.217. The number of aromatic amines is 1. The van der Waals surface area contributed by atoms with Crippen molar-refractivity contribution in [3.05, 3.63) is 75.8 Å². The Labute approximate surface area is 183 Å². The molecule has 0 saturated heterocycles. The fourth-order valence-corrected chi connectivity index (χ4v) is 4.10. The number of thiazole rings is 1. The number of carbonyl (C=O) groups excluding carboxylic acids is 1. The maximum absolute atomic E-state index is 12.7. The molecule has 1 amide bonds. The number of benzene rings is 2. The van der Waals surface area contributed by atoms with Crippen LogP contribution in [0, 0.1) is 0 Å². The summed E-state index contributed by atoms with van der Waals surface area (Å²) >= 11 is 1.48. The summed E-state index contributed by atoms with van der Waals surface area (Å²) in [6.07, 6.45) is 0.168. The molecule has 0 bridgehead atoms. The number of likely N-dealkylation sites (N-methyl/N-ethyl adjacent to an activating group) is 1. The van der Waals surface area contributed by atoms with Crippen molar-refractivity contribution in [1.82, 2.24) is 19.9 Å². The van der Waals surface area contributed by atoms with Crippen LogP contribution in [0.15, 0.2) is 58.7 Å². The van der Waals surface area contributed by atoms with Crippen molar-refractivity contribution >= 4 is 28.1 Å². The first-order valence-corrected chi connectivity index (χ1v) is 10.8. The summed E-state index contributed by atoms with van der Waals surface area (Å²) in [5, 5.41) is 3.23. The predicted octanol–water partition coefficient (Wildman–Crippen LogP) is 3.65. The molecule has 7 nitrogen and oxygen atoms in total. The average molecular weight is 435 g/mol. The summed E-state index contributed by atoms with van der Waals surface area (Å²) in [7, 11) is 1.69. The Morgan fingerprint density at radius 2 is 1.90 bits per heavy atom. The van der Waals surface area contributed by atoms with Gasteiger partial charge in [0.15, 0.2) is 0 Å². The van der Waals surface area contributed by atoms with Gasteiger partial charge in [-0.1, -0.05) is 24.3 Å². The number of carbonyl (C=O) groups is 1. The summed E-state index contributed by atoms with van der Waals surface area (Å²) in [6, 6.07) is 14.9. The van der Waals surface area contributed by atoms with E-state index in [0.29, 0.717) is 29.0 Å². The van der Waals surface area contributed by atoms with E-state index in [1.165, 1.54) is 11.3 Å². The van der Waals surface area contributed by atoms with E-state index >= 15 is 0 Å². The van der Waals surface area contributed by atoms with Crippen LogP contribution in [-0.4, -0.2) is 39.4 Å². The highest BCUT2D eigenvalue weighted by atomic mass is 32.1. The molecule has 4 aromatic rings. The van der Waals surface area contributed by atoms with Gasteiger partial charge < -0.3 is 14.6 Å². The molecule has 0 radical (unpaired) electrons. The molecule has 4 rings (SSSR count). The number of ether oxygens (including phenoxy) is 1. The SMILES string of the molecule is CCOc1ccccc1-c1nc(CC(=O)N(C)Cc2nc3ccccc3c(=O)[nH]2)cs1. The van der Waals surface area contributed by atoms with Gasteiger partial charge in [0.05, 0.1) is 41.7 Å². The number of nitrogens with zero attached hydrogens (tertiary/aromatic N) is 3. The molecular weight excluding hydrogens is 412 g/mol. The Balaban J connectivity index is 1.46. The summed E-state index contributed by atoms with van der Waals surface area (Å²) < 4.78 is 5.68. The maximum atomic E-state index is 12.7. The minimum absolute atomic E-state index is 0.106. The zero-order valence-electron chi connectivity index (χ0n) is 17.3. The third-order valence-corrected chi connectivity index (χ3v) is 5.70. The number of nitrogens with one attached hydrogen (secondary N) is 1. The highest BCUT2D eigenvalue weighted by Crippen LogP contribution is 2.32. The van der Waals surface area contributed by atoms with Crippen LogP contribution in [0.25, 0.3) is 21.5 Å². The van der Waals surface area contributed by atoms with Crippen LogP contribution in [-0.2, 0) is 17.8 Å². The highest BCUT2D eigenvalue weighted by molar-refractivity contribution is 7.13. The van der Waals surface area contributed by atoms with E-state index in [0.717, 1.165) is 16.3 Å². The molecule has 0 fully saturated rings. The summed E-state index contributed by atoms with van der Waals surface area (Å²) in [5.41, 5.74) is 2.01. The Kier molecular flexibility index (Phi) is 6.08. The first kappa shape index (κ1) is 20.7. The molecule has 0 aliphatic carbocycles. The number of hydrogen-bond donors (Lipinski definition) is 1. The number of hydrogen-bond acceptors (Lipinski definition) is 6. The van der Waals surface area contributed by atoms with Crippen LogP contribution >= 0.6 is 11.3 Å².